The first-order valence-corrected chi connectivity index (χ1v) is 16.9. The minimum Gasteiger partial charge on any atom is -0.495 e. The summed E-state index contributed by atoms with van der Waals surface area (Å²) in [5.41, 5.74) is 3.62. The average molecular weight is 615 g/mol. The minimum absolute atomic E-state index is 0.00967. The van der Waals surface area contributed by atoms with Crippen molar-refractivity contribution in [3.63, 3.8) is 0 Å². The molecule has 1 saturated heterocycles. The van der Waals surface area contributed by atoms with Gasteiger partial charge < -0.3 is 19.1 Å². The van der Waals surface area contributed by atoms with E-state index in [9.17, 15) is 9.59 Å². The van der Waals surface area contributed by atoms with Crippen molar-refractivity contribution >= 4 is 39.7 Å². The van der Waals surface area contributed by atoms with Crippen molar-refractivity contribution in [1.82, 2.24) is 14.5 Å². The summed E-state index contributed by atoms with van der Waals surface area (Å²) < 4.78 is 7.93. The topological polar surface area (TPSA) is 67.7 Å². The van der Waals surface area contributed by atoms with Crippen LogP contribution in [0.3, 0.4) is 0 Å². The molecule has 1 amide bonds. The lowest BCUT2D eigenvalue weighted by molar-refractivity contribution is -0.136. The maximum absolute atomic E-state index is 13.8. The van der Waals surface area contributed by atoms with Gasteiger partial charge in [-0.25, -0.2) is 4.98 Å². The van der Waals surface area contributed by atoms with Gasteiger partial charge in [-0.15, -0.1) is 11.3 Å². The van der Waals surface area contributed by atoms with Crippen LogP contribution in [0, 0.1) is 11.8 Å². The standard InChI is InChI=1S/C36H46N4O3S/c1-6-28(7-2)40-31-15-14-26(22-30(31)37-35(40)24-29-11-10-20-44-29)33(41)23-27(21-25(3)4)36(42)39-18-16-38(17-19-39)32-12-8-9-13-34(32)43-5/h8-15,20,22,25,27-28H,6-7,16-19,21,23-24H2,1-5H3/t27-/m1/s1. The van der Waals surface area contributed by atoms with Gasteiger partial charge in [0.25, 0.3) is 0 Å². The van der Waals surface area contributed by atoms with Crippen molar-refractivity contribution in [2.75, 3.05) is 38.2 Å². The Bertz CT molecular complexity index is 1550. The molecule has 1 aliphatic rings. The van der Waals surface area contributed by atoms with Crippen LogP contribution >= 0.6 is 11.3 Å². The van der Waals surface area contributed by atoms with Crippen molar-refractivity contribution in [3.8, 4) is 5.75 Å². The lowest BCUT2D eigenvalue weighted by Gasteiger charge is -2.38. The van der Waals surface area contributed by atoms with E-state index in [0.29, 0.717) is 37.0 Å². The predicted octanol–water partition coefficient (Wildman–Crippen LogP) is 7.64. The van der Waals surface area contributed by atoms with Crippen molar-refractivity contribution < 1.29 is 14.3 Å². The number of fused-ring (bicyclic) bond motifs is 1. The Morgan fingerprint density at radius 1 is 0.977 bits per heavy atom. The highest BCUT2D eigenvalue weighted by Crippen LogP contribution is 2.31. The third-order valence-corrected chi connectivity index (χ3v) is 9.74. The molecule has 0 bridgehead atoms. The summed E-state index contributed by atoms with van der Waals surface area (Å²) in [6, 6.07) is 18.5. The van der Waals surface area contributed by atoms with Crippen molar-refractivity contribution in [1.29, 1.82) is 0 Å². The number of benzene rings is 2. The minimum atomic E-state index is -0.340. The Morgan fingerprint density at radius 2 is 1.73 bits per heavy atom. The third-order valence-electron chi connectivity index (χ3n) is 8.86. The number of rotatable bonds is 13. The summed E-state index contributed by atoms with van der Waals surface area (Å²) in [5.74, 6) is 1.95. The largest absolute Gasteiger partial charge is 0.495 e. The molecule has 8 heteroatoms. The molecule has 1 fully saturated rings. The first kappa shape index (κ1) is 31.8. The van der Waals surface area contributed by atoms with Gasteiger partial charge in [-0.1, -0.05) is 45.9 Å². The Balaban J connectivity index is 1.32. The summed E-state index contributed by atoms with van der Waals surface area (Å²) in [4.78, 5) is 38.1. The number of aromatic nitrogens is 2. The fourth-order valence-electron chi connectivity index (χ4n) is 6.58. The number of anilines is 1. The van der Waals surface area contributed by atoms with Gasteiger partial charge in [0, 0.05) is 61.4 Å². The number of ether oxygens (including phenoxy) is 1. The number of amides is 1. The molecule has 0 spiro atoms. The van der Waals surface area contributed by atoms with Gasteiger partial charge in [0.1, 0.15) is 11.6 Å². The smallest absolute Gasteiger partial charge is 0.226 e. The molecule has 0 unspecified atom stereocenters. The number of Topliss-reactive ketones (excluding diaryl/α,β-unsaturated/α-hetero) is 1. The SMILES string of the molecule is CCC(CC)n1c(Cc2cccs2)nc2cc(C(=O)C[C@@H](CC(C)C)C(=O)N3CCN(c4ccccc4OC)CC3)ccc21. The third kappa shape index (κ3) is 7.01. The molecular weight excluding hydrogens is 568 g/mol. The van der Waals surface area contributed by atoms with Gasteiger partial charge in [0.05, 0.1) is 23.8 Å². The number of nitrogens with zero attached hydrogens (tertiary/aromatic N) is 4. The van der Waals surface area contributed by atoms with E-state index in [-0.39, 0.29) is 24.0 Å². The van der Waals surface area contributed by atoms with Gasteiger partial charge in [-0.05, 0) is 67.0 Å². The van der Waals surface area contributed by atoms with Gasteiger partial charge in [0.2, 0.25) is 5.91 Å². The highest BCUT2D eigenvalue weighted by Gasteiger charge is 2.31. The van der Waals surface area contributed by atoms with E-state index in [4.69, 9.17) is 9.72 Å². The van der Waals surface area contributed by atoms with E-state index >= 15 is 0 Å². The number of hydrogen-bond acceptors (Lipinski definition) is 6. The van der Waals surface area contributed by atoms with Crippen molar-refractivity contribution in [3.05, 3.63) is 76.2 Å². The van der Waals surface area contributed by atoms with Crippen LogP contribution in [0.5, 0.6) is 5.75 Å². The van der Waals surface area contributed by atoms with Crippen molar-refractivity contribution in [2.24, 2.45) is 11.8 Å². The number of methoxy groups -OCH3 is 1. The monoisotopic (exact) mass is 614 g/mol. The van der Waals surface area contributed by atoms with E-state index in [2.05, 4.69) is 66.8 Å². The number of hydrogen-bond donors (Lipinski definition) is 0. The second-order valence-corrected chi connectivity index (χ2v) is 13.3. The van der Waals surface area contributed by atoms with E-state index in [1.165, 1.54) is 4.88 Å². The highest BCUT2D eigenvalue weighted by molar-refractivity contribution is 7.09. The zero-order valence-corrected chi connectivity index (χ0v) is 27.6. The molecule has 5 rings (SSSR count). The van der Waals surface area contributed by atoms with Gasteiger partial charge in [0.15, 0.2) is 5.78 Å². The fraction of sp³-hybridized carbons (Fsp3) is 0.472. The Labute approximate surface area is 265 Å². The quantitative estimate of drug-likeness (QED) is 0.145. The fourth-order valence-corrected chi connectivity index (χ4v) is 7.28. The number of thiophene rings is 1. The van der Waals surface area contributed by atoms with E-state index < -0.39 is 0 Å². The molecule has 0 saturated carbocycles. The maximum atomic E-state index is 13.8. The lowest BCUT2D eigenvalue weighted by atomic mass is 9.89. The number of ketones is 1. The van der Waals surface area contributed by atoms with Gasteiger partial charge in [-0.3, -0.25) is 9.59 Å². The Morgan fingerprint density at radius 3 is 2.39 bits per heavy atom. The number of piperazine rings is 1. The molecule has 44 heavy (non-hydrogen) atoms. The molecule has 0 radical (unpaired) electrons. The van der Waals surface area contributed by atoms with Crippen LogP contribution in [0.25, 0.3) is 11.0 Å². The summed E-state index contributed by atoms with van der Waals surface area (Å²) in [5, 5.41) is 2.10. The molecule has 0 N–H and O–H groups in total. The van der Waals surface area contributed by atoms with E-state index in [0.717, 1.165) is 60.6 Å². The average Bonchev–Trinajstić information content (AvgIpc) is 3.68. The summed E-state index contributed by atoms with van der Waals surface area (Å²) >= 11 is 1.75. The van der Waals surface area contributed by atoms with Crippen LogP contribution in [0.2, 0.25) is 0 Å². The second kappa shape index (κ2) is 14.4. The van der Waals surface area contributed by atoms with Crippen LogP contribution in [0.4, 0.5) is 5.69 Å². The van der Waals surface area contributed by atoms with E-state index in [1.54, 1.807) is 18.4 Å². The summed E-state index contributed by atoms with van der Waals surface area (Å²) in [7, 11) is 1.69. The lowest BCUT2D eigenvalue weighted by Crippen LogP contribution is -2.50. The number of imidazole rings is 1. The van der Waals surface area contributed by atoms with Crippen LogP contribution in [-0.4, -0.2) is 59.4 Å². The molecule has 7 nitrogen and oxygen atoms in total. The molecule has 1 aliphatic heterocycles. The zero-order valence-electron chi connectivity index (χ0n) is 26.8. The summed E-state index contributed by atoms with van der Waals surface area (Å²) in [6.07, 6.45) is 3.72. The number of carbonyl (C=O) groups excluding carboxylic acids is 2. The predicted molar refractivity (Wildman–Crippen MR) is 180 cm³/mol. The van der Waals surface area contributed by atoms with Crippen LogP contribution < -0.4 is 9.64 Å². The molecule has 2 aromatic heterocycles. The first-order valence-electron chi connectivity index (χ1n) is 16.1. The molecule has 4 aromatic rings. The van der Waals surface area contributed by atoms with Crippen LogP contribution in [0.15, 0.2) is 60.0 Å². The van der Waals surface area contributed by atoms with Gasteiger partial charge in [-0.2, -0.15) is 0 Å². The summed E-state index contributed by atoms with van der Waals surface area (Å²) in [6.45, 7) is 11.4. The second-order valence-electron chi connectivity index (χ2n) is 12.3. The molecule has 3 heterocycles. The molecule has 1 atom stereocenters. The molecule has 2 aromatic carbocycles. The Hall–Kier alpha value is -3.65. The normalized spacial score (nSPS) is 14.5. The molecule has 0 aliphatic carbocycles. The Kier molecular flexibility index (Phi) is 10.4. The molecular formula is C36H46N4O3S. The van der Waals surface area contributed by atoms with Gasteiger partial charge >= 0.3 is 0 Å². The molecule has 234 valence electrons. The highest BCUT2D eigenvalue weighted by atomic mass is 32.1. The van der Waals surface area contributed by atoms with Crippen molar-refractivity contribution in [2.45, 2.75) is 65.8 Å². The van der Waals surface area contributed by atoms with E-state index in [1.807, 2.05) is 35.2 Å². The maximum Gasteiger partial charge on any atom is 0.226 e. The number of para-hydroxylation sites is 2. The number of carbonyl (C=O) groups is 2. The zero-order chi connectivity index (χ0) is 31.2. The first-order chi connectivity index (χ1) is 21.3. The van der Waals surface area contributed by atoms with Crippen LogP contribution in [0.1, 0.15) is 80.5 Å². The van der Waals surface area contributed by atoms with Crippen LogP contribution in [-0.2, 0) is 11.2 Å².